The molecular formula is C78H74Cl4N4O10S. The van der Waals surface area contributed by atoms with Crippen LogP contribution >= 0.6 is 46.4 Å². The summed E-state index contributed by atoms with van der Waals surface area (Å²) in [5.74, 6) is -2.47. The number of hydrogen-bond acceptors (Lipinski definition) is 11. The molecule has 0 aromatic heterocycles. The molecule has 0 fully saturated rings. The number of carbonyl (C=O) groups excluding carboxylic acids is 5. The van der Waals surface area contributed by atoms with Crippen LogP contribution in [0.3, 0.4) is 0 Å². The molecule has 2 aliphatic heterocycles. The molecule has 14 nitrogen and oxygen atoms in total. The highest BCUT2D eigenvalue weighted by atomic mass is 35.5. The van der Waals surface area contributed by atoms with Gasteiger partial charge in [0.05, 0.1) is 41.7 Å². The van der Waals surface area contributed by atoms with Crippen molar-refractivity contribution in [1.82, 2.24) is 20.4 Å². The van der Waals surface area contributed by atoms with Gasteiger partial charge in [0.1, 0.15) is 30.9 Å². The van der Waals surface area contributed by atoms with Gasteiger partial charge in [0, 0.05) is 45.3 Å². The molecule has 11 rings (SSSR count). The number of ether oxygens (including phenoxy) is 3. The lowest BCUT2D eigenvalue weighted by Gasteiger charge is -2.48. The van der Waals surface area contributed by atoms with Crippen molar-refractivity contribution in [3.8, 4) is 0 Å². The fourth-order valence-corrected chi connectivity index (χ4v) is 14.5. The molecule has 500 valence electrons. The van der Waals surface area contributed by atoms with E-state index in [-0.39, 0.29) is 63.7 Å². The van der Waals surface area contributed by atoms with Crippen LogP contribution in [0.1, 0.15) is 108 Å². The van der Waals surface area contributed by atoms with Gasteiger partial charge in [-0.25, -0.2) is 22.8 Å². The second-order valence-corrected chi connectivity index (χ2v) is 28.6. The van der Waals surface area contributed by atoms with Crippen LogP contribution in [0, 0.1) is 6.92 Å². The summed E-state index contributed by atoms with van der Waals surface area (Å²) in [7, 11) is -3.50. The number of nitrogens with one attached hydrogen (secondary N) is 2. The Bertz CT molecular complexity index is 4330. The van der Waals surface area contributed by atoms with Crippen molar-refractivity contribution in [3.05, 3.63) is 310 Å². The molecule has 2 heterocycles. The number of hydrogen-bond donors (Lipinski definition) is 2. The van der Waals surface area contributed by atoms with E-state index in [2.05, 4.69) is 88.3 Å². The summed E-state index contributed by atoms with van der Waals surface area (Å²) >= 11 is 27.4. The molecule has 9 aromatic rings. The first kappa shape index (κ1) is 71.0. The van der Waals surface area contributed by atoms with Crippen LogP contribution in [-0.4, -0.2) is 85.1 Å². The van der Waals surface area contributed by atoms with Gasteiger partial charge in [0.15, 0.2) is 9.84 Å². The summed E-state index contributed by atoms with van der Waals surface area (Å²) in [4.78, 5) is 71.3. The van der Waals surface area contributed by atoms with Crippen molar-refractivity contribution in [3.63, 3.8) is 0 Å². The summed E-state index contributed by atoms with van der Waals surface area (Å²) in [5.41, 5.74) is 9.57. The SMILES string of the molecule is CC(C)(C)OC(=O)N1CCc2c(cc(Cl)c(C(=O)N[C@@H](Cc3cccc(S(C)(=O)=O)c3)C(=O)OCc3ccccc3)c2Cl)C1.Cc1cccc(C[C@H](NC(=O)c2c(Cl)cc3c(c2Cl)CCN(C(c2ccccc2)(c2ccccc2)c2ccccc2)C3)C(=O)OCc2ccccc2)c1. The molecule has 0 saturated carbocycles. The predicted octanol–water partition coefficient (Wildman–Crippen LogP) is 15.5. The standard InChI is InChI=1S/C46H40Cl2N2O3.C32H34Cl2N2O7S/c1-32-15-14-18-34(27-32)28-41(45(52)53-31-33-16-6-2-7-17-33)49-44(51)42-40(47)29-35-30-50(26-25-39(35)43(42)48)46(36-19-8-3-9-20-36,37-21-10-4-11-22-37)38-23-12-5-13-24-38;1-32(2,3)43-31(39)36-14-13-24-22(18-36)17-25(33)27(28(24)34)29(37)35-26(30(38)42-19-20-9-6-5-7-10-20)16-21-11-8-12-23(15-21)44(4,40)41/h2-24,27,29,41H,25-26,28,30-31H2,1H3,(H,49,51);5-12,15,17,26H,13-14,16,18-19H2,1-4H3,(H,35,37)/t41-;26-/m00/s1. The van der Waals surface area contributed by atoms with Gasteiger partial charge in [-0.3, -0.25) is 14.5 Å². The normalized spacial score (nSPS) is 13.7. The number of benzene rings is 9. The lowest BCUT2D eigenvalue weighted by Crippen LogP contribution is -2.50. The first-order valence-corrected chi connectivity index (χ1v) is 35.1. The first-order chi connectivity index (χ1) is 46.5. The van der Waals surface area contributed by atoms with Crippen molar-refractivity contribution in [1.29, 1.82) is 0 Å². The second kappa shape index (κ2) is 31.6. The number of halogens is 4. The van der Waals surface area contributed by atoms with Gasteiger partial charge in [-0.2, -0.15) is 0 Å². The summed E-state index contributed by atoms with van der Waals surface area (Å²) in [6.07, 6.45) is 1.78. The van der Waals surface area contributed by atoms with Crippen LogP contribution in [0.15, 0.2) is 217 Å². The first-order valence-electron chi connectivity index (χ1n) is 31.7. The molecule has 0 aliphatic carbocycles. The van der Waals surface area contributed by atoms with E-state index in [9.17, 15) is 32.4 Å². The fraction of sp³-hybridized carbons (Fsp3) is 0.244. The smallest absolute Gasteiger partial charge is 0.410 e. The quantitative estimate of drug-likeness (QED) is 0.0447. The van der Waals surface area contributed by atoms with Crippen molar-refractivity contribution in [2.75, 3.05) is 19.3 Å². The third-order valence-corrected chi connectivity index (χ3v) is 19.4. The number of amides is 3. The van der Waals surface area contributed by atoms with Gasteiger partial charge in [-0.05, 0) is 126 Å². The van der Waals surface area contributed by atoms with Gasteiger partial charge in [0.25, 0.3) is 11.8 Å². The molecule has 9 aromatic carbocycles. The highest BCUT2D eigenvalue weighted by Gasteiger charge is 2.44. The minimum atomic E-state index is -3.50. The maximum atomic E-state index is 14.1. The monoisotopic (exact) mass is 1400 g/mol. The van der Waals surface area contributed by atoms with Crippen LogP contribution in [-0.2, 0) is 91.2 Å². The van der Waals surface area contributed by atoms with E-state index in [0.29, 0.717) is 54.2 Å². The summed E-state index contributed by atoms with van der Waals surface area (Å²) in [6.45, 7) is 9.15. The van der Waals surface area contributed by atoms with E-state index < -0.39 is 62.9 Å². The van der Waals surface area contributed by atoms with E-state index in [1.807, 2.05) is 104 Å². The van der Waals surface area contributed by atoms with Crippen LogP contribution in [0.5, 0.6) is 0 Å². The van der Waals surface area contributed by atoms with Crippen molar-refractivity contribution < 1.29 is 46.6 Å². The average molecular weight is 1400 g/mol. The van der Waals surface area contributed by atoms with Gasteiger partial charge in [0.2, 0.25) is 0 Å². The van der Waals surface area contributed by atoms with Crippen molar-refractivity contribution in [2.45, 2.75) is 108 Å². The second-order valence-electron chi connectivity index (χ2n) is 25.1. The Morgan fingerprint density at radius 1 is 0.505 bits per heavy atom. The van der Waals surface area contributed by atoms with E-state index >= 15 is 0 Å². The molecule has 2 atom stereocenters. The Labute approximate surface area is 586 Å². The number of fused-ring (bicyclic) bond motifs is 2. The third-order valence-electron chi connectivity index (χ3n) is 16.9. The number of rotatable bonds is 19. The largest absolute Gasteiger partial charge is 0.459 e. The molecule has 0 unspecified atom stereocenters. The Hall–Kier alpha value is -8.80. The fourth-order valence-electron chi connectivity index (χ4n) is 12.3. The van der Waals surface area contributed by atoms with Gasteiger partial charge >= 0.3 is 18.0 Å². The zero-order valence-electron chi connectivity index (χ0n) is 54.3. The topological polar surface area (TPSA) is 178 Å². The highest BCUT2D eigenvalue weighted by Crippen LogP contribution is 2.46. The molecule has 0 bridgehead atoms. The molecule has 2 N–H and O–H groups in total. The Morgan fingerprint density at radius 3 is 1.34 bits per heavy atom. The zero-order chi connectivity index (χ0) is 69.0. The highest BCUT2D eigenvalue weighted by molar-refractivity contribution is 7.90. The van der Waals surface area contributed by atoms with E-state index in [1.54, 1.807) is 56.0 Å². The van der Waals surface area contributed by atoms with Gasteiger partial charge < -0.3 is 29.7 Å². The summed E-state index contributed by atoms with van der Waals surface area (Å²) in [5, 5.41) is 6.34. The van der Waals surface area contributed by atoms with E-state index in [1.165, 1.54) is 12.1 Å². The van der Waals surface area contributed by atoms with Crippen LogP contribution in [0.2, 0.25) is 20.1 Å². The lowest BCUT2D eigenvalue weighted by atomic mass is 9.74. The maximum absolute atomic E-state index is 14.1. The molecule has 97 heavy (non-hydrogen) atoms. The van der Waals surface area contributed by atoms with Crippen LogP contribution < -0.4 is 10.6 Å². The van der Waals surface area contributed by atoms with Gasteiger partial charge in [-0.15, -0.1) is 0 Å². The summed E-state index contributed by atoms with van der Waals surface area (Å²) in [6, 6.07) is 65.5. The number of aryl methyl sites for hydroxylation is 1. The van der Waals surface area contributed by atoms with Crippen molar-refractivity contribution in [2.24, 2.45) is 0 Å². The number of sulfone groups is 1. The van der Waals surface area contributed by atoms with E-state index in [4.69, 9.17) is 60.6 Å². The van der Waals surface area contributed by atoms with Gasteiger partial charge in [-0.1, -0.05) is 240 Å². The van der Waals surface area contributed by atoms with Crippen LogP contribution in [0.25, 0.3) is 0 Å². The molecule has 0 spiro atoms. The summed E-state index contributed by atoms with van der Waals surface area (Å²) < 4.78 is 41.0. The maximum Gasteiger partial charge on any atom is 0.410 e. The molecule has 19 heteroatoms. The number of esters is 2. The zero-order valence-corrected chi connectivity index (χ0v) is 58.2. The minimum absolute atomic E-state index is 0.0106. The van der Waals surface area contributed by atoms with Crippen molar-refractivity contribution >= 4 is 86.1 Å². The predicted molar refractivity (Wildman–Crippen MR) is 380 cm³/mol. The Kier molecular flexibility index (Phi) is 23.1. The minimum Gasteiger partial charge on any atom is -0.459 e. The molecule has 3 amide bonds. The van der Waals surface area contributed by atoms with Crippen LogP contribution in [0.4, 0.5) is 4.79 Å². The Balaban J connectivity index is 0.000000215. The third kappa shape index (κ3) is 17.5. The number of nitrogens with zero attached hydrogens (tertiary/aromatic N) is 2. The number of carbonyl (C=O) groups is 5. The molecule has 0 radical (unpaired) electrons. The molecular weight excluding hydrogens is 1330 g/mol. The average Bonchev–Trinajstić information content (AvgIpc) is 0.728. The lowest BCUT2D eigenvalue weighted by molar-refractivity contribution is -0.148. The molecule has 0 saturated heterocycles. The van der Waals surface area contributed by atoms with E-state index in [0.717, 1.165) is 56.3 Å². The Morgan fingerprint density at radius 2 is 0.907 bits per heavy atom. The molecule has 2 aliphatic rings.